The van der Waals surface area contributed by atoms with Gasteiger partial charge < -0.3 is 10.1 Å². The van der Waals surface area contributed by atoms with Crippen LogP contribution in [0, 0.1) is 11.3 Å². The van der Waals surface area contributed by atoms with Crippen LogP contribution in [0.5, 0.6) is 0 Å². The van der Waals surface area contributed by atoms with Crippen molar-refractivity contribution in [1.82, 2.24) is 4.90 Å². The number of carbonyl (C=O) groups excluding carboxylic acids is 4. The molecule has 0 aliphatic carbocycles. The molecule has 1 aliphatic rings. The van der Waals surface area contributed by atoms with Gasteiger partial charge >= 0.3 is 5.97 Å². The number of rotatable bonds is 6. The number of carbonyl (C=O) groups is 4. The fourth-order valence-electron chi connectivity index (χ4n) is 3.06. The molecule has 30 heavy (non-hydrogen) atoms. The van der Waals surface area contributed by atoms with Crippen LogP contribution in [0.2, 0.25) is 0 Å². The van der Waals surface area contributed by atoms with Gasteiger partial charge in [0.1, 0.15) is 6.07 Å². The van der Waals surface area contributed by atoms with E-state index in [-0.39, 0.29) is 30.9 Å². The van der Waals surface area contributed by atoms with Crippen LogP contribution in [0.15, 0.2) is 48.5 Å². The minimum absolute atomic E-state index is 0.0913. The first-order chi connectivity index (χ1) is 14.4. The number of benzene rings is 2. The average molecular weight is 405 g/mol. The van der Waals surface area contributed by atoms with Gasteiger partial charge in [0.25, 0.3) is 11.8 Å². The van der Waals surface area contributed by atoms with Gasteiger partial charge in [-0.2, -0.15) is 5.26 Å². The van der Waals surface area contributed by atoms with Crippen molar-refractivity contribution in [3.05, 3.63) is 65.2 Å². The smallest absolute Gasteiger partial charge is 0.308 e. The topological polar surface area (TPSA) is 117 Å². The number of ether oxygens (including phenoxy) is 1. The van der Waals surface area contributed by atoms with Crippen molar-refractivity contribution in [3.8, 4) is 6.07 Å². The maximum Gasteiger partial charge on any atom is 0.308 e. The van der Waals surface area contributed by atoms with Crippen LogP contribution < -0.4 is 5.32 Å². The Morgan fingerprint density at radius 1 is 1.17 bits per heavy atom. The second-order valence-corrected chi connectivity index (χ2v) is 6.71. The maximum atomic E-state index is 12.5. The summed E-state index contributed by atoms with van der Waals surface area (Å²) in [4.78, 5) is 50.1. The van der Waals surface area contributed by atoms with Gasteiger partial charge in [0.2, 0.25) is 5.91 Å². The van der Waals surface area contributed by atoms with E-state index in [0.29, 0.717) is 16.8 Å². The summed E-state index contributed by atoms with van der Waals surface area (Å²) in [5, 5.41) is 11.6. The number of hydrogen-bond donors (Lipinski definition) is 1. The molecule has 0 saturated heterocycles. The third-order valence-corrected chi connectivity index (χ3v) is 4.66. The lowest BCUT2D eigenvalue weighted by molar-refractivity contribution is -0.153. The van der Waals surface area contributed by atoms with E-state index in [2.05, 4.69) is 5.32 Å². The van der Waals surface area contributed by atoms with Gasteiger partial charge in [0, 0.05) is 12.1 Å². The monoisotopic (exact) mass is 405 g/mol. The molecule has 8 heteroatoms. The Hall–Kier alpha value is -3.99. The van der Waals surface area contributed by atoms with Gasteiger partial charge in [-0.1, -0.05) is 30.3 Å². The van der Waals surface area contributed by atoms with E-state index < -0.39 is 23.9 Å². The van der Waals surface area contributed by atoms with Gasteiger partial charge in [-0.05, 0) is 30.7 Å². The number of imide groups is 1. The summed E-state index contributed by atoms with van der Waals surface area (Å²) in [7, 11) is 0. The van der Waals surface area contributed by atoms with Crippen molar-refractivity contribution in [2.45, 2.75) is 25.9 Å². The molecule has 1 atom stereocenters. The second-order valence-electron chi connectivity index (χ2n) is 6.71. The number of hydrogen-bond acceptors (Lipinski definition) is 6. The molecule has 2 aromatic rings. The predicted octanol–water partition coefficient (Wildman–Crippen LogP) is 2.04. The maximum absolute atomic E-state index is 12.5. The van der Waals surface area contributed by atoms with E-state index in [1.807, 2.05) is 6.07 Å². The van der Waals surface area contributed by atoms with Crippen LogP contribution in [0.3, 0.4) is 0 Å². The molecule has 0 unspecified atom stereocenters. The molecular weight excluding hydrogens is 386 g/mol. The molecular formula is C22H19N3O5. The van der Waals surface area contributed by atoms with Crippen molar-refractivity contribution in [2.75, 3.05) is 11.9 Å². The SMILES string of the molecule is C[C@H](OC(=O)CCN1C(=O)Cc2ccccc2C1=O)C(=O)Nc1ccccc1C#N. The molecule has 0 spiro atoms. The summed E-state index contributed by atoms with van der Waals surface area (Å²) < 4.78 is 5.11. The number of esters is 1. The Morgan fingerprint density at radius 3 is 2.63 bits per heavy atom. The van der Waals surface area contributed by atoms with Crippen molar-refractivity contribution in [1.29, 1.82) is 5.26 Å². The van der Waals surface area contributed by atoms with Gasteiger partial charge in [-0.15, -0.1) is 0 Å². The molecule has 0 saturated carbocycles. The fraction of sp³-hybridized carbons (Fsp3) is 0.227. The fourth-order valence-corrected chi connectivity index (χ4v) is 3.06. The largest absolute Gasteiger partial charge is 0.452 e. The zero-order chi connectivity index (χ0) is 21.7. The van der Waals surface area contributed by atoms with Gasteiger partial charge in [-0.3, -0.25) is 24.1 Å². The highest BCUT2D eigenvalue weighted by Crippen LogP contribution is 2.20. The number of nitrogens with zero attached hydrogens (tertiary/aromatic N) is 2. The normalized spacial score (nSPS) is 13.8. The molecule has 3 rings (SSSR count). The van der Waals surface area contributed by atoms with E-state index in [1.165, 1.54) is 6.92 Å². The van der Waals surface area contributed by atoms with Crippen LogP contribution in [-0.4, -0.2) is 41.2 Å². The quantitative estimate of drug-likeness (QED) is 0.581. The molecule has 152 valence electrons. The summed E-state index contributed by atoms with van der Waals surface area (Å²) in [6.45, 7) is 1.27. The third-order valence-electron chi connectivity index (χ3n) is 4.66. The Bertz CT molecular complexity index is 1060. The predicted molar refractivity (Wildman–Crippen MR) is 106 cm³/mol. The molecule has 0 bridgehead atoms. The first-order valence-corrected chi connectivity index (χ1v) is 9.32. The molecule has 1 aliphatic heterocycles. The molecule has 0 fully saturated rings. The average Bonchev–Trinajstić information content (AvgIpc) is 2.73. The Labute approximate surface area is 173 Å². The van der Waals surface area contributed by atoms with Crippen molar-refractivity contribution in [3.63, 3.8) is 0 Å². The van der Waals surface area contributed by atoms with Crippen LogP contribution in [-0.2, 0) is 25.5 Å². The Kier molecular flexibility index (Phi) is 6.23. The number of para-hydroxylation sites is 1. The zero-order valence-electron chi connectivity index (χ0n) is 16.3. The molecule has 1 N–H and O–H groups in total. The van der Waals surface area contributed by atoms with E-state index in [4.69, 9.17) is 10.00 Å². The Morgan fingerprint density at radius 2 is 1.87 bits per heavy atom. The minimum atomic E-state index is -1.11. The van der Waals surface area contributed by atoms with E-state index in [9.17, 15) is 19.2 Å². The number of anilines is 1. The van der Waals surface area contributed by atoms with Crippen LogP contribution in [0.1, 0.15) is 34.8 Å². The highest BCUT2D eigenvalue weighted by atomic mass is 16.5. The van der Waals surface area contributed by atoms with E-state index in [0.717, 1.165) is 4.90 Å². The molecule has 3 amide bonds. The highest BCUT2D eigenvalue weighted by molar-refractivity contribution is 6.09. The number of nitrogens with one attached hydrogen (secondary N) is 1. The van der Waals surface area contributed by atoms with Crippen molar-refractivity contribution in [2.24, 2.45) is 0 Å². The standard InChI is InChI=1S/C22H19N3O5/c1-14(21(28)24-18-9-5-3-7-16(18)13-23)30-20(27)10-11-25-19(26)12-15-6-2-4-8-17(15)22(25)29/h2-9,14H,10-12H2,1H3,(H,24,28)/t14-/m0/s1. The lowest BCUT2D eigenvalue weighted by Gasteiger charge is -2.26. The summed E-state index contributed by atoms with van der Waals surface area (Å²) in [5.41, 5.74) is 1.70. The number of amides is 3. The lowest BCUT2D eigenvalue weighted by atomic mass is 9.98. The molecule has 2 aromatic carbocycles. The first-order valence-electron chi connectivity index (χ1n) is 9.32. The van der Waals surface area contributed by atoms with Crippen LogP contribution in [0.25, 0.3) is 0 Å². The number of nitriles is 1. The minimum Gasteiger partial charge on any atom is -0.452 e. The van der Waals surface area contributed by atoms with Gasteiger partial charge in [0.15, 0.2) is 6.10 Å². The highest BCUT2D eigenvalue weighted by Gasteiger charge is 2.31. The van der Waals surface area contributed by atoms with E-state index in [1.54, 1.807) is 48.5 Å². The number of fused-ring (bicyclic) bond motifs is 1. The van der Waals surface area contributed by atoms with Crippen molar-refractivity contribution >= 4 is 29.4 Å². The molecule has 1 heterocycles. The summed E-state index contributed by atoms with van der Waals surface area (Å²) in [5.74, 6) is -2.14. The second kappa shape index (κ2) is 9.01. The van der Waals surface area contributed by atoms with Gasteiger partial charge in [0.05, 0.1) is 24.1 Å². The summed E-state index contributed by atoms with van der Waals surface area (Å²) in [6, 6.07) is 15.2. The Balaban J connectivity index is 1.54. The zero-order valence-corrected chi connectivity index (χ0v) is 16.3. The third kappa shape index (κ3) is 4.52. The van der Waals surface area contributed by atoms with E-state index >= 15 is 0 Å². The molecule has 0 aromatic heterocycles. The van der Waals surface area contributed by atoms with Crippen molar-refractivity contribution < 1.29 is 23.9 Å². The first kappa shape index (κ1) is 20.7. The lowest BCUT2D eigenvalue weighted by Crippen LogP contribution is -2.43. The van der Waals surface area contributed by atoms with Crippen LogP contribution >= 0.6 is 0 Å². The summed E-state index contributed by atoms with van der Waals surface area (Å²) in [6.07, 6.45) is -1.25. The van der Waals surface area contributed by atoms with Gasteiger partial charge in [-0.25, -0.2) is 0 Å². The molecule has 0 radical (unpaired) electrons. The van der Waals surface area contributed by atoms with Crippen LogP contribution in [0.4, 0.5) is 5.69 Å². The molecule has 8 nitrogen and oxygen atoms in total. The summed E-state index contributed by atoms with van der Waals surface area (Å²) >= 11 is 0.